The molecule has 2 aromatic rings. The molecule has 0 aromatic heterocycles. The van der Waals surface area contributed by atoms with Crippen molar-refractivity contribution < 1.29 is 29.0 Å². The molecular weight excluding hydrogens is 556 g/mol. The smallest absolute Gasteiger partial charge is 0.313 e. The molecule has 0 saturated carbocycles. The van der Waals surface area contributed by atoms with E-state index in [0.717, 1.165) is 5.56 Å². The van der Waals surface area contributed by atoms with E-state index in [9.17, 15) is 19.5 Å². The molecule has 42 heavy (non-hydrogen) atoms. The van der Waals surface area contributed by atoms with Gasteiger partial charge in [-0.1, -0.05) is 67.6 Å². The number of ether oxygens (including phenoxy) is 2. The summed E-state index contributed by atoms with van der Waals surface area (Å²) in [5.74, 6) is -3.10. The van der Waals surface area contributed by atoms with Crippen molar-refractivity contribution in [3.05, 3.63) is 90.5 Å². The average Bonchev–Trinajstić information content (AvgIpc) is 3.62. The number of rotatable bonds is 12. The Morgan fingerprint density at radius 3 is 2.50 bits per heavy atom. The molecule has 8 nitrogen and oxygen atoms in total. The average molecular weight is 593 g/mol. The van der Waals surface area contributed by atoms with Gasteiger partial charge in [-0.05, 0) is 55.5 Å². The molecule has 9 heteroatoms. The number of likely N-dealkylation sites (tertiary alicyclic amines) is 1. The Balaban J connectivity index is 1.63. The second-order valence-electron chi connectivity index (χ2n) is 11.2. The number of benzene rings is 2. The van der Waals surface area contributed by atoms with E-state index >= 15 is 0 Å². The second-order valence-corrected chi connectivity index (χ2v) is 11.7. The number of aliphatic hydroxyl groups excluding tert-OH is 1. The van der Waals surface area contributed by atoms with Gasteiger partial charge in [-0.2, -0.15) is 0 Å². The summed E-state index contributed by atoms with van der Waals surface area (Å²) in [6.07, 6.45) is 4.82. The largest absolute Gasteiger partial charge is 0.461 e. The van der Waals surface area contributed by atoms with Crippen LogP contribution in [-0.4, -0.2) is 70.8 Å². The van der Waals surface area contributed by atoms with Gasteiger partial charge in [0.25, 0.3) is 5.91 Å². The van der Waals surface area contributed by atoms with Crippen molar-refractivity contribution in [1.29, 1.82) is 0 Å². The lowest BCUT2D eigenvalue weighted by Gasteiger charge is -2.39. The number of amides is 2. The molecule has 2 aromatic carbocycles. The Morgan fingerprint density at radius 2 is 1.88 bits per heavy atom. The van der Waals surface area contributed by atoms with Crippen LogP contribution in [-0.2, 0) is 30.3 Å². The molecule has 2 bridgehead atoms. The number of hydrogen-bond donors (Lipinski definition) is 1. The van der Waals surface area contributed by atoms with Crippen LogP contribution < -0.4 is 4.90 Å². The Morgan fingerprint density at radius 1 is 1.17 bits per heavy atom. The number of nitrogens with zero attached hydrogens (tertiary/aromatic N) is 2. The van der Waals surface area contributed by atoms with Crippen molar-refractivity contribution in [2.45, 2.75) is 55.9 Å². The standard InChI is InChI=1S/C33H37ClN2O6/c1-4-18-35(24-14-12-23(34)13-15-24)30(39)28-33-17-16-32(6-3,42-33)27(31(40)41-19-5-2)26(33)29(38)36(28)25(21-37)20-22-10-8-7-9-11-22/h4-5,7-15,25-28,37H,1-2,6,16-21H2,3H3/t25-,26+,27+,28?,32-,33?/m1/s1. The fraction of sp³-hybridized carbons (Fsp3) is 0.424. The lowest BCUT2D eigenvalue weighted by Crippen LogP contribution is -2.59. The van der Waals surface area contributed by atoms with Crippen LogP contribution in [0.25, 0.3) is 0 Å². The Kier molecular flexibility index (Phi) is 8.60. The quantitative estimate of drug-likeness (QED) is 0.291. The highest BCUT2D eigenvalue weighted by molar-refractivity contribution is 6.30. The summed E-state index contributed by atoms with van der Waals surface area (Å²) >= 11 is 6.14. The maximum atomic E-state index is 14.8. The predicted molar refractivity (Wildman–Crippen MR) is 160 cm³/mol. The van der Waals surface area contributed by atoms with Gasteiger partial charge < -0.3 is 24.4 Å². The molecule has 222 valence electrons. The van der Waals surface area contributed by atoms with Crippen molar-refractivity contribution >= 4 is 35.1 Å². The van der Waals surface area contributed by atoms with Gasteiger partial charge in [0.1, 0.15) is 24.2 Å². The van der Waals surface area contributed by atoms with E-state index in [1.165, 1.54) is 11.0 Å². The molecule has 3 saturated heterocycles. The first kappa shape index (κ1) is 30.0. The summed E-state index contributed by atoms with van der Waals surface area (Å²) in [7, 11) is 0. The fourth-order valence-electron chi connectivity index (χ4n) is 7.28. The third-order valence-electron chi connectivity index (χ3n) is 9.08. The van der Waals surface area contributed by atoms with Crippen LogP contribution in [0.3, 0.4) is 0 Å². The van der Waals surface area contributed by atoms with Crippen LogP contribution in [0.4, 0.5) is 5.69 Å². The van der Waals surface area contributed by atoms with E-state index < -0.39 is 41.1 Å². The van der Waals surface area contributed by atoms with Gasteiger partial charge in [0, 0.05) is 17.3 Å². The minimum absolute atomic E-state index is 0.00601. The van der Waals surface area contributed by atoms with Gasteiger partial charge in [0.05, 0.1) is 24.2 Å². The number of esters is 1. The van der Waals surface area contributed by atoms with Gasteiger partial charge in [0.15, 0.2) is 0 Å². The summed E-state index contributed by atoms with van der Waals surface area (Å²) < 4.78 is 12.3. The monoisotopic (exact) mass is 592 g/mol. The van der Waals surface area contributed by atoms with Gasteiger partial charge >= 0.3 is 5.97 Å². The number of carbonyl (C=O) groups is 3. The summed E-state index contributed by atoms with van der Waals surface area (Å²) in [5, 5.41) is 11.2. The number of fused-ring (bicyclic) bond motifs is 1. The van der Waals surface area contributed by atoms with Gasteiger partial charge in [-0.15, -0.1) is 6.58 Å². The first-order valence-corrected chi connectivity index (χ1v) is 14.8. The van der Waals surface area contributed by atoms with E-state index in [1.54, 1.807) is 35.2 Å². The highest BCUT2D eigenvalue weighted by Gasteiger charge is 2.79. The summed E-state index contributed by atoms with van der Waals surface area (Å²) in [5.41, 5.74) is -0.707. The Hall–Kier alpha value is -3.46. The van der Waals surface area contributed by atoms with Crippen LogP contribution in [0.15, 0.2) is 79.9 Å². The molecule has 6 atom stereocenters. The van der Waals surface area contributed by atoms with E-state index in [0.29, 0.717) is 36.4 Å². The van der Waals surface area contributed by atoms with E-state index in [2.05, 4.69) is 13.2 Å². The zero-order chi connectivity index (χ0) is 30.1. The lowest BCUT2D eigenvalue weighted by molar-refractivity contribution is -0.161. The molecule has 3 fully saturated rings. The minimum atomic E-state index is -1.27. The zero-order valence-electron chi connectivity index (χ0n) is 23.8. The van der Waals surface area contributed by atoms with Crippen molar-refractivity contribution in [1.82, 2.24) is 4.90 Å². The molecule has 3 aliphatic rings. The molecule has 0 aliphatic carbocycles. The summed E-state index contributed by atoms with van der Waals surface area (Å²) in [4.78, 5) is 46.0. The summed E-state index contributed by atoms with van der Waals surface area (Å²) in [6.45, 7) is 9.22. The van der Waals surface area contributed by atoms with E-state index in [-0.39, 0.29) is 31.6 Å². The number of halogens is 1. The van der Waals surface area contributed by atoms with Crippen molar-refractivity contribution in [3.63, 3.8) is 0 Å². The number of aliphatic hydroxyl groups is 1. The molecule has 2 amide bonds. The third kappa shape index (κ3) is 4.85. The van der Waals surface area contributed by atoms with Crippen LogP contribution in [0.1, 0.15) is 31.7 Å². The van der Waals surface area contributed by atoms with Gasteiger partial charge in [-0.3, -0.25) is 14.4 Å². The van der Waals surface area contributed by atoms with E-state index in [4.69, 9.17) is 21.1 Å². The van der Waals surface area contributed by atoms with Crippen molar-refractivity contribution in [3.8, 4) is 0 Å². The maximum Gasteiger partial charge on any atom is 0.313 e. The Labute approximate surface area is 251 Å². The first-order chi connectivity index (χ1) is 20.3. The topological polar surface area (TPSA) is 96.4 Å². The second kappa shape index (κ2) is 12.0. The predicted octanol–water partition coefficient (Wildman–Crippen LogP) is 4.35. The van der Waals surface area contributed by atoms with Crippen molar-refractivity contribution in [2.75, 3.05) is 24.7 Å². The number of anilines is 1. The van der Waals surface area contributed by atoms with Crippen molar-refractivity contribution in [2.24, 2.45) is 11.8 Å². The van der Waals surface area contributed by atoms with Crippen LogP contribution in [0.2, 0.25) is 5.02 Å². The SMILES string of the molecule is C=CCOC(=O)[C@@H]1[C@H]2C(=O)N([C@@H](CO)Cc3ccccc3)C(C(=O)N(CC=C)c3ccc(Cl)cc3)C23CC[C@@]1(CC)O3. The van der Waals surface area contributed by atoms with Crippen LogP contribution >= 0.6 is 11.6 Å². The minimum Gasteiger partial charge on any atom is -0.461 e. The highest BCUT2D eigenvalue weighted by atomic mass is 35.5. The van der Waals surface area contributed by atoms with E-state index in [1.807, 2.05) is 37.3 Å². The Bertz CT molecular complexity index is 1350. The molecule has 0 radical (unpaired) electrons. The summed E-state index contributed by atoms with van der Waals surface area (Å²) in [6, 6.07) is 14.6. The van der Waals surface area contributed by atoms with Crippen LogP contribution in [0, 0.1) is 11.8 Å². The molecule has 1 N–H and O–H groups in total. The first-order valence-electron chi connectivity index (χ1n) is 14.4. The zero-order valence-corrected chi connectivity index (χ0v) is 24.5. The van der Waals surface area contributed by atoms with Crippen LogP contribution in [0.5, 0.6) is 0 Å². The normalized spacial score (nSPS) is 28.3. The molecule has 2 unspecified atom stereocenters. The molecule has 1 spiro atoms. The lowest BCUT2D eigenvalue weighted by atomic mass is 9.65. The third-order valence-corrected chi connectivity index (χ3v) is 9.34. The fourth-order valence-corrected chi connectivity index (χ4v) is 7.40. The highest BCUT2D eigenvalue weighted by Crippen LogP contribution is 2.65. The maximum absolute atomic E-state index is 14.8. The number of hydrogen-bond acceptors (Lipinski definition) is 6. The molecule has 3 heterocycles. The van der Waals surface area contributed by atoms with Gasteiger partial charge in [-0.25, -0.2) is 0 Å². The van der Waals surface area contributed by atoms with Gasteiger partial charge in [0.2, 0.25) is 5.91 Å². The molecular formula is C33H37ClN2O6. The molecule has 5 rings (SSSR count). The number of carbonyl (C=O) groups excluding carboxylic acids is 3. The molecule has 3 aliphatic heterocycles.